The number of halogens is 1. The van der Waals surface area contributed by atoms with Gasteiger partial charge in [-0.15, -0.1) is 0 Å². The Morgan fingerprint density at radius 2 is 1.85 bits per heavy atom. The maximum atomic E-state index is 11.8. The van der Waals surface area contributed by atoms with Crippen LogP contribution in [0.3, 0.4) is 0 Å². The van der Waals surface area contributed by atoms with Crippen molar-refractivity contribution >= 4 is 29.4 Å². The lowest BCUT2D eigenvalue weighted by Crippen LogP contribution is -2.34. The second kappa shape index (κ2) is 10.6. The van der Waals surface area contributed by atoms with Crippen LogP contribution in [0.4, 0.5) is 0 Å². The second-order valence-electron chi connectivity index (χ2n) is 6.06. The van der Waals surface area contributed by atoms with E-state index in [1.165, 1.54) is 18.4 Å². The largest absolute Gasteiger partial charge is 0.454 e. The van der Waals surface area contributed by atoms with Gasteiger partial charge in [0.15, 0.2) is 6.61 Å². The molecule has 0 unspecified atom stereocenters. The van der Waals surface area contributed by atoms with Crippen molar-refractivity contribution < 1.29 is 19.1 Å². The topological polar surface area (TPSA) is 84.5 Å². The molecule has 1 aromatic rings. The van der Waals surface area contributed by atoms with Gasteiger partial charge in [-0.3, -0.25) is 14.4 Å². The molecule has 0 aromatic heterocycles. The van der Waals surface area contributed by atoms with E-state index < -0.39 is 11.9 Å². The van der Waals surface area contributed by atoms with Crippen molar-refractivity contribution in [2.45, 2.75) is 32.1 Å². The number of benzene rings is 1. The van der Waals surface area contributed by atoms with Crippen molar-refractivity contribution in [2.24, 2.45) is 0 Å². The number of esters is 1. The molecule has 0 heterocycles. The number of rotatable bonds is 8. The number of ether oxygens (including phenoxy) is 1. The molecule has 26 heavy (non-hydrogen) atoms. The summed E-state index contributed by atoms with van der Waals surface area (Å²) in [7, 11) is 0. The summed E-state index contributed by atoms with van der Waals surface area (Å²) < 4.78 is 4.85. The number of hydrogen-bond acceptors (Lipinski definition) is 4. The Kier molecular flexibility index (Phi) is 8.15. The van der Waals surface area contributed by atoms with E-state index in [1.54, 1.807) is 24.3 Å². The Hall–Kier alpha value is -2.34. The Bertz CT molecular complexity index is 671. The van der Waals surface area contributed by atoms with Crippen LogP contribution in [-0.2, 0) is 14.3 Å². The van der Waals surface area contributed by atoms with Gasteiger partial charge in [-0.25, -0.2) is 0 Å². The highest BCUT2D eigenvalue weighted by Gasteiger charge is 2.11. The molecule has 0 saturated carbocycles. The van der Waals surface area contributed by atoms with Crippen LogP contribution < -0.4 is 10.6 Å². The van der Waals surface area contributed by atoms with E-state index in [2.05, 4.69) is 16.7 Å². The van der Waals surface area contributed by atoms with Crippen molar-refractivity contribution in [3.8, 4) is 0 Å². The van der Waals surface area contributed by atoms with E-state index in [0.29, 0.717) is 17.1 Å². The second-order valence-corrected chi connectivity index (χ2v) is 6.49. The van der Waals surface area contributed by atoms with Crippen LogP contribution in [0.1, 0.15) is 42.5 Å². The lowest BCUT2D eigenvalue weighted by molar-refractivity contribution is -0.147. The maximum absolute atomic E-state index is 11.8. The molecule has 0 aliphatic heterocycles. The van der Waals surface area contributed by atoms with Gasteiger partial charge in [0, 0.05) is 17.1 Å². The zero-order chi connectivity index (χ0) is 18.8. The van der Waals surface area contributed by atoms with Gasteiger partial charge in [-0.05, 0) is 56.4 Å². The first-order valence-corrected chi connectivity index (χ1v) is 9.06. The molecule has 0 radical (unpaired) electrons. The minimum atomic E-state index is -0.669. The number of carbonyl (C=O) groups excluding carboxylic acids is 3. The van der Waals surface area contributed by atoms with Crippen LogP contribution in [-0.4, -0.2) is 37.5 Å². The fraction of sp³-hybridized carbons (Fsp3) is 0.421. The van der Waals surface area contributed by atoms with Crippen LogP contribution in [0.15, 0.2) is 35.9 Å². The Morgan fingerprint density at radius 3 is 2.54 bits per heavy atom. The van der Waals surface area contributed by atoms with Crippen LogP contribution in [0.5, 0.6) is 0 Å². The van der Waals surface area contributed by atoms with Crippen LogP contribution >= 0.6 is 11.6 Å². The molecule has 7 heteroatoms. The van der Waals surface area contributed by atoms with Crippen molar-refractivity contribution in [1.82, 2.24) is 10.6 Å². The third kappa shape index (κ3) is 7.27. The average Bonchev–Trinajstić information content (AvgIpc) is 2.66. The zero-order valence-electron chi connectivity index (χ0n) is 14.6. The highest BCUT2D eigenvalue weighted by Crippen LogP contribution is 2.19. The Labute approximate surface area is 157 Å². The summed E-state index contributed by atoms with van der Waals surface area (Å²) in [6, 6.07) is 6.28. The standard InChI is InChI=1S/C19H23ClN2O4/c20-16-8-6-15(7-9-16)19(25)22-12-18(24)26-13-17(23)21-11-10-14-4-2-1-3-5-14/h4,6-9H,1-3,5,10-13H2,(H,21,23)(H,22,25). The summed E-state index contributed by atoms with van der Waals surface area (Å²) >= 11 is 5.75. The lowest BCUT2D eigenvalue weighted by Gasteiger charge is -2.13. The predicted octanol–water partition coefficient (Wildman–Crippen LogP) is 2.62. The van der Waals surface area contributed by atoms with Gasteiger partial charge < -0.3 is 15.4 Å². The third-order valence-corrected chi connectivity index (χ3v) is 4.27. The van der Waals surface area contributed by atoms with E-state index in [4.69, 9.17) is 16.3 Å². The first kappa shape index (κ1) is 20.0. The smallest absolute Gasteiger partial charge is 0.325 e. The molecular weight excluding hydrogens is 356 g/mol. The van der Waals surface area contributed by atoms with Crippen LogP contribution in [0.25, 0.3) is 0 Å². The van der Waals surface area contributed by atoms with Crippen molar-refractivity contribution in [3.05, 3.63) is 46.5 Å². The molecule has 6 nitrogen and oxygen atoms in total. The highest BCUT2D eigenvalue weighted by atomic mass is 35.5. The molecule has 0 bridgehead atoms. The molecule has 0 saturated heterocycles. The molecule has 2 N–H and O–H groups in total. The van der Waals surface area contributed by atoms with Crippen LogP contribution in [0.2, 0.25) is 5.02 Å². The van der Waals surface area contributed by atoms with Crippen molar-refractivity contribution in [1.29, 1.82) is 0 Å². The van der Waals surface area contributed by atoms with E-state index in [9.17, 15) is 14.4 Å². The van der Waals surface area contributed by atoms with E-state index in [-0.39, 0.29) is 19.1 Å². The van der Waals surface area contributed by atoms with Gasteiger partial charge in [-0.2, -0.15) is 0 Å². The molecule has 1 aromatic carbocycles. The quantitative estimate of drug-likeness (QED) is 0.538. The fourth-order valence-corrected chi connectivity index (χ4v) is 2.72. The van der Waals surface area contributed by atoms with Gasteiger partial charge >= 0.3 is 5.97 Å². The SMILES string of the molecule is O=C(COC(=O)CNC(=O)c1ccc(Cl)cc1)NCCC1=CCCCC1. The molecule has 140 valence electrons. The minimum absolute atomic E-state index is 0.304. The number of nitrogens with one attached hydrogen (secondary N) is 2. The summed E-state index contributed by atoms with van der Waals surface area (Å²) in [6.07, 6.45) is 7.72. The van der Waals surface area contributed by atoms with Crippen molar-refractivity contribution in [3.63, 3.8) is 0 Å². The molecule has 0 atom stereocenters. The summed E-state index contributed by atoms with van der Waals surface area (Å²) in [4.78, 5) is 35.1. The molecule has 2 rings (SSSR count). The van der Waals surface area contributed by atoms with Crippen molar-refractivity contribution in [2.75, 3.05) is 19.7 Å². The van der Waals surface area contributed by atoms with Gasteiger partial charge in [0.05, 0.1) is 0 Å². The van der Waals surface area contributed by atoms with E-state index in [0.717, 1.165) is 19.3 Å². The number of hydrogen-bond donors (Lipinski definition) is 2. The zero-order valence-corrected chi connectivity index (χ0v) is 15.3. The maximum Gasteiger partial charge on any atom is 0.325 e. The van der Waals surface area contributed by atoms with Crippen LogP contribution in [0, 0.1) is 0 Å². The molecule has 2 amide bonds. The lowest BCUT2D eigenvalue weighted by atomic mass is 9.97. The number of carbonyl (C=O) groups is 3. The number of allylic oxidation sites excluding steroid dienone is 1. The molecular formula is C19H23ClN2O4. The fourth-order valence-electron chi connectivity index (χ4n) is 2.60. The summed E-state index contributed by atoms with van der Waals surface area (Å²) in [5.74, 6) is -1.43. The molecule has 1 aliphatic carbocycles. The summed E-state index contributed by atoms with van der Waals surface area (Å²) in [5, 5.41) is 5.68. The van der Waals surface area contributed by atoms with Gasteiger partial charge in [0.2, 0.25) is 0 Å². The number of amides is 2. The summed E-state index contributed by atoms with van der Waals surface area (Å²) in [5.41, 5.74) is 1.76. The first-order valence-electron chi connectivity index (χ1n) is 8.68. The minimum Gasteiger partial charge on any atom is -0.454 e. The van der Waals surface area contributed by atoms with Gasteiger partial charge in [0.25, 0.3) is 11.8 Å². The Morgan fingerprint density at radius 1 is 1.08 bits per heavy atom. The third-order valence-electron chi connectivity index (χ3n) is 4.02. The predicted molar refractivity (Wildman–Crippen MR) is 98.9 cm³/mol. The molecule has 1 aliphatic rings. The average molecular weight is 379 g/mol. The highest BCUT2D eigenvalue weighted by molar-refractivity contribution is 6.30. The first-order chi connectivity index (χ1) is 12.5. The summed E-state index contributed by atoms with van der Waals surface area (Å²) in [6.45, 7) is -0.119. The Balaban J connectivity index is 1.58. The van der Waals surface area contributed by atoms with E-state index in [1.807, 2.05) is 0 Å². The monoisotopic (exact) mass is 378 g/mol. The molecule has 0 fully saturated rings. The van der Waals surface area contributed by atoms with Gasteiger partial charge in [-0.1, -0.05) is 23.3 Å². The van der Waals surface area contributed by atoms with Gasteiger partial charge in [0.1, 0.15) is 6.54 Å². The normalized spacial score (nSPS) is 13.5. The molecule has 0 spiro atoms. The van der Waals surface area contributed by atoms with E-state index >= 15 is 0 Å².